The molecule has 1 fully saturated rings. The van der Waals surface area contributed by atoms with Crippen molar-refractivity contribution in [3.8, 4) is 22.6 Å². The smallest absolute Gasteiger partial charge is 0.155 e. The molecule has 0 radical (unpaired) electrons. The summed E-state index contributed by atoms with van der Waals surface area (Å²) in [5, 5.41) is 7.79. The summed E-state index contributed by atoms with van der Waals surface area (Å²) in [4.78, 5) is 17.4. The maximum atomic E-state index is 6.07. The van der Waals surface area contributed by atoms with E-state index in [2.05, 4.69) is 20.4 Å². The monoisotopic (exact) mass is 422 g/mol. The summed E-state index contributed by atoms with van der Waals surface area (Å²) in [6.45, 7) is 4.46. The number of nitrogens with one attached hydrogen (secondary N) is 2. The lowest BCUT2D eigenvalue weighted by Crippen LogP contribution is -2.38. The summed E-state index contributed by atoms with van der Waals surface area (Å²) in [6, 6.07) is 10.5. The lowest BCUT2D eigenvalue weighted by atomic mass is 10.1. The van der Waals surface area contributed by atoms with Gasteiger partial charge in [0.15, 0.2) is 5.65 Å². The first-order chi connectivity index (χ1) is 14.7. The van der Waals surface area contributed by atoms with E-state index in [0.29, 0.717) is 12.6 Å². The predicted molar refractivity (Wildman–Crippen MR) is 116 cm³/mol. The van der Waals surface area contributed by atoms with E-state index in [1.54, 1.807) is 10.8 Å². The number of H-pyrrole nitrogens is 1. The zero-order chi connectivity index (χ0) is 20.5. The van der Waals surface area contributed by atoms with Crippen molar-refractivity contribution in [2.45, 2.75) is 32.4 Å². The lowest BCUT2D eigenvalue weighted by molar-refractivity contribution is 0.298. The van der Waals surface area contributed by atoms with Gasteiger partial charge in [-0.25, -0.2) is 18.9 Å². The van der Waals surface area contributed by atoms with Crippen LogP contribution in [0, 0.1) is 6.92 Å². The van der Waals surface area contributed by atoms with E-state index < -0.39 is 0 Å². The van der Waals surface area contributed by atoms with E-state index in [9.17, 15) is 0 Å². The van der Waals surface area contributed by atoms with Gasteiger partial charge in [0, 0.05) is 36.6 Å². The quantitative estimate of drug-likeness (QED) is 0.480. The fourth-order valence-corrected chi connectivity index (χ4v) is 4.03. The number of imidazole rings is 1. The number of aromatic amines is 1. The third kappa shape index (κ3) is 3.94. The molecule has 0 atom stereocenters. The van der Waals surface area contributed by atoms with Gasteiger partial charge in [-0.05, 0) is 55.8 Å². The van der Waals surface area contributed by atoms with Gasteiger partial charge < -0.3 is 10.3 Å². The Kier molecular flexibility index (Phi) is 5.20. The van der Waals surface area contributed by atoms with Crippen LogP contribution >= 0.6 is 11.8 Å². The molecule has 0 unspecified atom stereocenters. The molecule has 9 heteroatoms. The molecule has 0 aliphatic carbocycles. The highest BCUT2D eigenvalue weighted by Crippen LogP contribution is 2.30. The van der Waals surface area contributed by atoms with E-state index in [1.165, 1.54) is 0 Å². The fourth-order valence-electron chi connectivity index (χ4n) is 3.84. The van der Waals surface area contributed by atoms with Gasteiger partial charge in [0.1, 0.15) is 17.8 Å². The molecule has 0 amide bonds. The molecule has 0 aromatic carbocycles. The Morgan fingerprint density at radius 3 is 2.90 bits per heavy atom. The van der Waals surface area contributed by atoms with Crippen LogP contribution in [0.15, 0.2) is 42.9 Å². The number of hydrogen-bond donors (Lipinski definition) is 2. The van der Waals surface area contributed by atoms with Crippen molar-refractivity contribution in [1.29, 1.82) is 0 Å². The molecule has 0 spiro atoms. The molecular weight excluding hydrogens is 400 g/mol. The Hall–Kier alpha value is -2.81. The number of aromatic nitrogens is 6. The molecule has 0 bridgehead atoms. The highest BCUT2D eigenvalue weighted by molar-refractivity contribution is 6.13. The van der Waals surface area contributed by atoms with Crippen LogP contribution < -0.4 is 5.32 Å². The van der Waals surface area contributed by atoms with Crippen molar-refractivity contribution < 1.29 is 0 Å². The van der Waals surface area contributed by atoms with Crippen LogP contribution in [-0.2, 0) is 6.54 Å². The molecule has 1 saturated heterocycles. The Morgan fingerprint density at radius 2 is 2.07 bits per heavy atom. The maximum Gasteiger partial charge on any atom is 0.155 e. The number of fused-ring (bicyclic) bond motifs is 1. The minimum atomic E-state index is 0.446. The Balaban J connectivity index is 1.47. The average molecular weight is 423 g/mol. The number of aryl methyl sites for hydroxylation is 1. The Morgan fingerprint density at radius 1 is 1.20 bits per heavy atom. The summed E-state index contributed by atoms with van der Waals surface area (Å²) < 4.78 is 3.60. The minimum absolute atomic E-state index is 0.446. The molecule has 5 heterocycles. The highest BCUT2D eigenvalue weighted by atomic mass is 35.5. The van der Waals surface area contributed by atoms with Gasteiger partial charge >= 0.3 is 0 Å². The van der Waals surface area contributed by atoms with Crippen LogP contribution in [0.25, 0.3) is 28.3 Å². The Bertz CT molecular complexity index is 1160. The van der Waals surface area contributed by atoms with Crippen molar-refractivity contribution in [3.05, 3.63) is 54.4 Å². The largest absolute Gasteiger partial charge is 0.340 e. The zero-order valence-corrected chi connectivity index (χ0v) is 17.5. The molecule has 154 valence electrons. The highest BCUT2D eigenvalue weighted by Gasteiger charge is 2.20. The molecule has 30 heavy (non-hydrogen) atoms. The first kappa shape index (κ1) is 19.2. The fraction of sp³-hybridized carbons (Fsp3) is 0.333. The van der Waals surface area contributed by atoms with Crippen molar-refractivity contribution in [2.75, 3.05) is 13.1 Å². The third-order valence-electron chi connectivity index (χ3n) is 5.45. The summed E-state index contributed by atoms with van der Waals surface area (Å²) in [7, 11) is 0. The van der Waals surface area contributed by atoms with Crippen LogP contribution in [0.3, 0.4) is 0 Å². The molecule has 5 rings (SSSR count). The first-order valence-corrected chi connectivity index (χ1v) is 10.5. The lowest BCUT2D eigenvalue weighted by Gasteiger charge is -2.27. The second kappa shape index (κ2) is 8.14. The van der Waals surface area contributed by atoms with Crippen LogP contribution in [-0.4, -0.2) is 53.1 Å². The number of rotatable bonds is 5. The Labute approximate surface area is 179 Å². The second-order valence-corrected chi connectivity index (χ2v) is 8.09. The summed E-state index contributed by atoms with van der Waals surface area (Å²) >= 11 is 6.07. The van der Waals surface area contributed by atoms with E-state index in [1.807, 2.05) is 47.9 Å². The van der Waals surface area contributed by atoms with Crippen molar-refractivity contribution >= 4 is 17.4 Å². The van der Waals surface area contributed by atoms with Gasteiger partial charge in [0.05, 0.1) is 17.9 Å². The van der Waals surface area contributed by atoms with Crippen LogP contribution in [0.5, 0.6) is 0 Å². The molecule has 2 N–H and O–H groups in total. The number of nitrogens with zero attached hydrogens (tertiary/aromatic N) is 6. The first-order valence-electron chi connectivity index (χ1n) is 10.1. The van der Waals surface area contributed by atoms with Gasteiger partial charge in [-0.1, -0.05) is 6.07 Å². The number of hydrogen-bond acceptors (Lipinski definition) is 6. The normalized spacial score (nSPS) is 15.8. The zero-order valence-electron chi connectivity index (χ0n) is 16.7. The summed E-state index contributed by atoms with van der Waals surface area (Å²) in [5.41, 5.74) is 5.38. The third-order valence-corrected chi connectivity index (χ3v) is 5.79. The van der Waals surface area contributed by atoms with Crippen LogP contribution in [0.2, 0.25) is 0 Å². The topological polar surface area (TPSA) is 87.0 Å². The van der Waals surface area contributed by atoms with E-state index >= 15 is 0 Å². The minimum Gasteiger partial charge on any atom is -0.340 e. The van der Waals surface area contributed by atoms with E-state index in [4.69, 9.17) is 21.7 Å². The van der Waals surface area contributed by atoms with Crippen LogP contribution in [0.4, 0.5) is 0 Å². The predicted octanol–water partition coefficient (Wildman–Crippen LogP) is 3.20. The van der Waals surface area contributed by atoms with Gasteiger partial charge in [-0.3, -0.25) is 4.98 Å². The van der Waals surface area contributed by atoms with Gasteiger partial charge in [0.2, 0.25) is 0 Å². The van der Waals surface area contributed by atoms with Crippen molar-refractivity contribution in [1.82, 2.24) is 39.3 Å². The van der Waals surface area contributed by atoms with Gasteiger partial charge in [0.25, 0.3) is 0 Å². The molecule has 0 saturated carbocycles. The van der Waals surface area contributed by atoms with Gasteiger partial charge in [-0.15, -0.1) is 0 Å². The molecule has 8 nitrogen and oxygen atoms in total. The average Bonchev–Trinajstić information content (AvgIpc) is 3.40. The molecule has 4 aromatic rings. The SMILES string of the molecule is Cc1cccc(-c2nc(CNC3CCN(Cl)CC3)[nH]c2-c2ccn3ncnc3c2)n1. The van der Waals surface area contributed by atoms with E-state index in [0.717, 1.165) is 65.7 Å². The van der Waals surface area contributed by atoms with Crippen molar-refractivity contribution in [2.24, 2.45) is 0 Å². The molecule has 1 aliphatic rings. The van der Waals surface area contributed by atoms with Crippen LogP contribution in [0.1, 0.15) is 24.4 Å². The van der Waals surface area contributed by atoms with Crippen molar-refractivity contribution in [3.63, 3.8) is 0 Å². The summed E-state index contributed by atoms with van der Waals surface area (Å²) in [6.07, 6.45) is 5.53. The van der Waals surface area contributed by atoms with E-state index in [-0.39, 0.29) is 0 Å². The maximum absolute atomic E-state index is 6.07. The molecule has 4 aromatic heterocycles. The molecular formula is C21H23ClN8. The second-order valence-electron chi connectivity index (χ2n) is 7.61. The summed E-state index contributed by atoms with van der Waals surface area (Å²) in [5.74, 6) is 0.887. The number of pyridine rings is 2. The number of piperidine rings is 1. The van der Waals surface area contributed by atoms with Gasteiger partial charge in [-0.2, -0.15) is 5.10 Å². The standard InChI is InChI=1S/C21H23ClN8/c1-14-3-2-4-17(26-14)21-20(15-5-10-30-19(11-15)24-13-25-30)27-18(28-21)12-23-16-6-8-29(22)9-7-16/h2-5,10-11,13,16,23H,6-9,12H2,1H3,(H,27,28). The molecule has 1 aliphatic heterocycles. The number of halogens is 1.